The summed E-state index contributed by atoms with van der Waals surface area (Å²) in [5, 5.41) is 5.08. The summed E-state index contributed by atoms with van der Waals surface area (Å²) in [5.41, 5.74) is 18.9. The first kappa shape index (κ1) is 24.8. The van der Waals surface area contributed by atoms with Crippen molar-refractivity contribution in [3.8, 4) is 0 Å². The minimum absolute atomic E-state index is 0.243. The molecule has 0 saturated heterocycles. The quantitative estimate of drug-likeness (QED) is 0.211. The van der Waals surface area contributed by atoms with Crippen LogP contribution in [-0.2, 0) is 23.9 Å². The summed E-state index contributed by atoms with van der Waals surface area (Å²) >= 11 is 11.9. The van der Waals surface area contributed by atoms with Crippen molar-refractivity contribution in [2.45, 2.75) is 89.1 Å². The zero-order valence-corrected chi connectivity index (χ0v) is 20.5. The molecule has 0 bridgehead atoms. The molecule has 6 nitrogen and oxygen atoms in total. The third-order valence-electron chi connectivity index (χ3n) is 6.50. The second-order valence-corrected chi connectivity index (χ2v) is 9.64. The van der Waals surface area contributed by atoms with Crippen LogP contribution in [-0.4, -0.2) is 9.97 Å². The van der Waals surface area contributed by atoms with E-state index in [0.717, 1.165) is 75.6 Å². The zero-order valence-electron chi connectivity index (χ0n) is 18.9. The van der Waals surface area contributed by atoms with Crippen molar-refractivity contribution in [2.75, 3.05) is 0 Å². The summed E-state index contributed by atoms with van der Waals surface area (Å²) in [5.74, 6) is 0. The number of aryl methyl sites for hydroxylation is 2. The molecule has 2 unspecified atom stereocenters. The van der Waals surface area contributed by atoms with Gasteiger partial charge in [0.15, 0.2) is 0 Å². The lowest BCUT2D eigenvalue weighted by atomic mass is 9.78. The maximum atomic E-state index is 8.80. The van der Waals surface area contributed by atoms with E-state index in [1.165, 1.54) is 11.1 Å². The fourth-order valence-electron chi connectivity index (χ4n) is 5.15. The van der Waals surface area contributed by atoms with Crippen LogP contribution in [0.25, 0.3) is 10.4 Å². The van der Waals surface area contributed by atoms with Crippen LogP contribution in [0.5, 0.6) is 0 Å². The van der Waals surface area contributed by atoms with E-state index in [1.807, 2.05) is 12.1 Å². The van der Waals surface area contributed by atoms with Gasteiger partial charge < -0.3 is 5.73 Å². The van der Waals surface area contributed by atoms with Crippen molar-refractivity contribution >= 4 is 23.2 Å². The number of nitrogens with two attached hydrogens (primary N) is 1. The Morgan fingerprint density at radius 3 is 2.09 bits per heavy atom. The van der Waals surface area contributed by atoms with Gasteiger partial charge in [0.25, 0.3) is 0 Å². The summed E-state index contributed by atoms with van der Waals surface area (Å²) in [6, 6.07) is 7.73. The minimum Gasteiger partial charge on any atom is -0.320 e. The number of azide groups is 1. The molecule has 2 aliphatic rings. The van der Waals surface area contributed by atoms with Gasteiger partial charge in [-0.25, -0.2) is 9.97 Å². The first-order valence-electron chi connectivity index (χ1n) is 11.5. The van der Waals surface area contributed by atoms with Gasteiger partial charge in [0.2, 0.25) is 0 Å². The van der Waals surface area contributed by atoms with E-state index < -0.39 is 5.54 Å². The number of fused-ring (bicyclic) bond motifs is 2. The van der Waals surface area contributed by atoms with E-state index in [-0.39, 0.29) is 5.54 Å². The molecular weight excluding hydrogens is 443 g/mol. The highest BCUT2D eigenvalue weighted by Crippen LogP contribution is 2.41. The minimum atomic E-state index is -0.484. The first-order valence-corrected chi connectivity index (χ1v) is 12.3. The highest BCUT2D eigenvalue weighted by molar-refractivity contribution is 6.29. The van der Waals surface area contributed by atoms with E-state index in [2.05, 4.69) is 39.9 Å². The predicted molar refractivity (Wildman–Crippen MR) is 131 cm³/mol. The fraction of sp³-hybridized carbons (Fsp3) is 0.583. The number of hydrogen-bond acceptors (Lipinski definition) is 4. The molecule has 2 aromatic rings. The van der Waals surface area contributed by atoms with Gasteiger partial charge in [0, 0.05) is 4.91 Å². The number of nitrogens with zero attached hydrogens (tertiary/aromatic N) is 5. The Morgan fingerprint density at radius 1 is 0.938 bits per heavy atom. The second kappa shape index (κ2) is 10.8. The van der Waals surface area contributed by atoms with Crippen molar-refractivity contribution in [1.29, 1.82) is 0 Å². The Balaban J connectivity index is 0.000000182. The average Bonchev–Trinajstić information content (AvgIpc) is 2.76. The summed E-state index contributed by atoms with van der Waals surface area (Å²) < 4.78 is 0. The lowest BCUT2D eigenvalue weighted by Crippen LogP contribution is -2.40. The van der Waals surface area contributed by atoms with Crippen LogP contribution in [0.1, 0.15) is 87.7 Å². The number of pyridine rings is 2. The molecule has 0 fully saturated rings. The summed E-state index contributed by atoms with van der Waals surface area (Å²) in [4.78, 5) is 11.9. The third kappa shape index (κ3) is 5.37. The number of aromatic nitrogens is 2. The van der Waals surface area contributed by atoms with Crippen LogP contribution in [0.4, 0.5) is 0 Å². The molecule has 2 heterocycles. The fourth-order valence-corrected chi connectivity index (χ4v) is 5.44. The monoisotopic (exact) mass is 474 g/mol. The zero-order chi connectivity index (χ0) is 23.2. The van der Waals surface area contributed by atoms with Crippen LogP contribution in [0.15, 0.2) is 29.4 Å². The normalized spacial score (nSPS) is 23.8. The maximum Gasteiger partial charge on any atom is 0.129 e. The van der Waals surface area contributed by atoms with Crippen LogP contribution in [0, 0.1) is 0 Å². The maximum absolute atomic E-state index is 8.80. The van der Waals surface area contributed by atoms with E-state index in [1.54, 1.807) is 6.07 Å². The molecule has 2 aliphatic carbocycles. The summed E-state index contributed by atoms with van der Waals surface area (Å²) in [6.07, 6.45) is 10.0. The molecule has 2 N–H and O–H groups in total. The van der Waals surface area contributed by atoms with Crippen molar-refractivity contribution in [3.05, 3.63) is 67.5 Å². The van der Waals surface area contributed by atoms with Crippen LogP contribution >= 0.6 is 23.2 Å². The molecule has 4 rings (SSSR count). The molecule has 2 aromatic heterocycles. The van der Waals surface area contributed by atoms with Crippen LogP contribution < -0.4 is 5.73 Å². The smallest absolute Gasteiger partial charge is 0.129 e. The molecule has 0 aliphatic heterocycles. The molecule has 0 spiro atoms. The van der Waals surface area contributed by atoms with Gasteiger partial charge in [0.1, 0.15) is 10.3 Å². The molecule has 0 aromatic carbocycles. The average molecular weight is 475 g/mol. The lowest BCUT2D eigenvalue weighted by molar-refractivity contribution is 0.331. The van der Waals surface area contributed by atoms with Gasteiger partial charge in [-0.2, -0.15) is 0 Å². The van der Waals surface area contributed by atoms with Crippen molar-refractivity contribution in [3.63, 3.8) is 0 Å². The third-order valence-corrected chi connectivity index (χ3v) is 6.92. The van der Waals surface area contributed by atoms with Crippen LogP contribution in [0.2, 0.25) is 10.3 Å². The summed E-state index contributed by atoms with van der Waals surface area (Å²) in [7, 11) is 0. The molecule has 32 heavy (non-hydrogen) atoms. The van der Waals surface area contributed by atoms with E-state index in [4.69, 9.17) is 34.5 Å². The highest BCUT2D eigenvalue weighted by atomic mass is 35.5. The Kier molecular flexibility index (Phi) is 8.40. The van der Waals surface area contributed by atoms with Gasteiger partial charge in [-0.15, -0.1) is 0 Å². The Hall–Kier alpha value is -1.85. The molecule has 172 valence electrons. The largest absolute Gasteiger partial charge is 0.320 e. The predicted octanol–water partition coefficient (Wildman–Crippen LogP) is 7.40. The molecule has 2 atom stereocenters. The molecule has 0 radical (unpaired) electrons. The van der Waals surface area contributed by atoms with E-state index >= 15 is 0 Å². The Bertz CT molecular complexity index is 990. The highest BCUT2D eigenvalue weighted by Gasteiger charge is 2.37. The van der Waals surface area contributed by atoms with Gasteiger partial charge >= 0.3 is 0 Å². The second-order valence-electron chi connectivity index (χ2n) is 8.87. The van der Waals surface area contributed by atoms with E-state index in [9.17, 15) is 0 Å². The summed E-state index contributed by atoms with van der Waals surface area (Å²) in [6.45, 7) is 4.25. The first-order chi connectivity index (χ1) is 15.4. The Morgan fingerprint density at radius 2 is 1.50 bits per heavy atom. The molecule has 8 heteroatoms. The topological polar surface area (TPSA) is 101 Å². The molecule has 0 saturated carbocycles. The van der Waals surface area contributed by atoms with Gasteiger partial charge in [-0.3, -0.25) is 0 Å². The lowest BCUT2D eigenvalue weighted by Gasteiger charge is -2.34. The SMILES string of the molecule is CCCC1(N)CCCc2ccc(Cl)nc21.CCCC1(N=[N+]=[N-])CCCc2ccc(Cl)nc21. The van der Waals surface area contributed by atoms with Gasteiger partial charge in [0.05, 0.1) is 22.5 Å². The number of rotatable bonds is 5. The standard InChI is InChI=1S/C12H15ClN4.C12H17ClN2/c1-2-7-12(16-17-14)8-3-4-9-5-6-10(13)15-11(9)12;1-2-7-12(14)8-3-4-9-5-6-10(13)15-11(9)12/h5-6H,2-4,7-8H2,1H3;5-6H,2-4,7-8,14H2,1H3. The van der Waals surface area contributed by atoms with Crippen LogP contribution in [0.3, 0.4) is 0 Å². The van der Waals surface area contributed by atoms with Crippen molar-refractivity contribution < 1.29 is 0 Å². The van der Waals surface area contributed by atoms with Crippen molar-refractivity contribution in [1.82, 2.24) is 9.97 Å². The molecule has 0 amide bonds. The van der Waals surface area contributed by atoms with Gasteiger partial charge in [-0.05, 0) is 80.2 Å². The number of halogens is 2. The molecular formula is C24H32Cl2N6. The Labute approximate surface area is 200 Å². The number of hydrogen-bond donors (Lipinski definition) is 1. The van der Waals surface area contributed by atoms with E-state index in [0.29, 0.717) is 10.3 Å². The van der Waals surface area contributed by atoms with Gasteiger partial charge in [-0.1, -0.05) is 67.1 Å². The van der Waals surface area contributed by atoms with Crippen molar-refractivity contribution in [2.24, 2.45) is 10.8 Å².